The van der Waals surface area contributed by atoms with Crippen molar-refractivity contribution in [3.8, 4) is 0 Å². The van der Waals surface area contributed by atoms with Crippen LogP contribution in [0.4, 0.5) is 0 Å². The zero-order valence-corrected chi connectivity index (χ0v) is 20.4. The summed E-state index contributed by atoms with van der Waals surface area (Å²) in [6.45, 7) is 4.14. The van der Waals surface area contributed by atoms with Crippen LogP contribution in [0, 0.1) is 0 Å². The third kappa shape index (κ3) is 18.2. The van der Waals surface area contributed by atoms with Gasteiger partial charge in [0.25, 0.3) is 0 Å². The van der Waals surface area contributed by atoms with Crippen LogP contribution in [0.3, 0.4) is 0 Å². The minimum absolute atomic E-state index is 0. The Morgan fingerprint density at radius 1 is 0.692 bits per heavy atom. The standard InChI is InChI=1S/C20H42O4S.Na/c1-3-5-6-7-8-9-12-16-19(21)17-13-10-11-14-18-20(15-4-2)25(22,23)24;/h19-21H,3-18H2,1-2H3,(H,22,23,24);/q;+1/p-1. The van der Waals surface area contributed by atoms with Crippen LogP contribution in [-0.2, 0) is 10.1 Å². The topological polar surface area (TPSA) is 77.4 Å². The summed E-state index contributed by atoms with van der Waals surface area (Å²) in [4.78, 5) is 0. The van der Waals surface area contributed by atoms with Crippen LogP contribution in [0.15, 0.2) is 0 Å². The summed E-state index contributed by atoms with van der Waals surface area (Å²) < 4.78 is 33.4. The van der Waals surface area contributed by atoms with Gasteiger partial charge in [-0.15, -0.1) is 0 Å². The predicted octanol–water partition coefficient (Wildman–Crippen LogP) is 2.55. The molecule has 4 nitrogen and oxygen atoms in total. The maximum atomic E-state index is 11.1. The number of hydrogen-bond acceptors (Lipinski definition) is 4. The monoisotopic (exact) mass is 400 g/mol. The molecule has 0 saturated carbocycles. The fourth-order valence-electron chi connectivity index (χ4n) is 3.34. The van der Waals surface area contributed by atoms with Crippen molar-refractivity contribution >= 4 is 10.1 Å². The van der Waals surface area contributed by atoms with Gasteiger partial charge in [0, 0.05) is 5.25 Å². The van der Waals surface area contributed by atoms with Gasteiger partial charge in [0.1, 0.15) is 0 Å². The van der Waals surface area contributed by atoms with E-state index < -0.39 is 15.4 Å². The molecule has 0 rings (SSSR count). The van der Waals surface area contributed by atoms with Gasteiger partial charge in [-0.2, -0.15) is 0 Å². The Bertz CT molecular complexity index is 387. The fourth-order valence-corrected chi connectivity index (χ4v) is 4.32. The summed E-state index contributed by atoms with van der Waals surface area (Å²) in [6, 6.07) is 0. The van der Waals surface area contributed by atoms with Gasteiger partial charge in [-0.3, -0.25) is 0 Å². The zero-order chi connectivity index (χ0) is 19.0. The van der Waals surface area contributed by atoms with Gasteiger partial charge in [-0.25, -0.2) is 8.42 Å². The summed E-state index contributed by atoms with van der Waals surface area (Å²) in [5.74, 6) is 0. The second kappa shape index (κ2) is 19.2. The first-order valence-electron chi connectivity index (χ1n) is 10.5. The van der Waals surface area contributed by atoms with Gasteiger partial charge in [-0.05, 0) is 25.7 Å². The van der Waals surface area contributed by atoms with Crippen molar-refractivity contribution in [2.75, 3.05) is 0 Å². The molecule has 0 aromatic heterocycles. The van der Waals surface area contributed by atoms with E-state index in [0.717, 1.165) is 51.4 Å². The predicted molar refractivity (Wildman–Crippen MR) is 105 cm³/mol. The zero-order valence-electron chi connectivity index (χ0n) is 17.5. The molecule has 26 heavy (non-hydrogen) atoms. The van der Waals surface area contributed by atoms with Crippen molar-refractivity contribution in [3.05, 3.63) is 0 Å². The van der Waals surface area contributed by atoms with Crippen molar-refractivity contribution in [2.45, 2.75) is 128 Å². The van der Waals surface area contributed by atoms with Gasteiger partial charge >= 0.3 is 29.6 Å². The van der Waals surface area contributed by atoms with Crippen LogP contribution in [0.2, 0.25) is 0 Å². The molecule has 2 atom stereocenters. The Morgan fingerprint density at radius 3 is 1.54 bits per heavy atom. The summed E-state index contributed by atoms with van der Waals surface area (Å²) in [5.41, 5.74) is 0. The molecule has 6 heteroatoms. The van der Waals surface area contributed by atoms with E-state index in [0.29, 0.717) is 12.8 Å². The molecule has 0 spiro atoms. The van der Waals surface area contributed by atoms with Crippen LogP contribution >= 0.6 is 0 Å². The first-order valence-corrected chi connectivity index (χ1v) is 12.0. The summed E-state index contributed by atoms with van der Waals surface area (Å²) >= 11 is 0. The Morgan fingerprint density at radius 2 is 1.12 bits per heavy atom. The molecule has 0 aromatic rings. The van der Waals surface area contributed by atoms with E-state index in [1.807, 2.05) is 6.92 Å². The number of hydrogen-bond donors (Lipinski definition) is 1. The smallest absolute Gasteiger partial charge is 0.748 e. The first kappa shape index (κ1) is 29.1. The first-order chi connectivity index (χ1) is 11.9. The molecular weight excluding hydrogens is 359 g/mol. The molecular formula is C20H41NaO4S. The maximum Gasteiger partial charge on any atom is 1.00 e. The second-order valence-corrected chi connectivity index (χ2v) is 9.11. The number of rotatable bonds is 18. The van der Waals surface area contributed by atoms with E-state index in [-0.39, 0.29) is 35.7 Å². The summed E-state index contributed by atoms with van der Waals surface area (Å²) in [5, 5.41) is 9.28. The molecule has 0 saturated heterocycles. The van der Waals surface area contributed by atoms with Crippen LogP contribution in [0.1, 0.15) is 117 Å². The molecule has 0 aliphatic rings. The number of aliphatic hydroxyl groups excluding tert-OH is 1. The van der Waals surface area contributed by atoms with Gasteiger partial charge < -0.3 is 9.66 Å². The summed E-state index contributed by atoms with van der Waals surface area (Å²) in [6.07, 6.45) is 15.9. The number of aliphatic hydroxyl groups is 1. The van der Waals surface area contributed by atoms with Crippen LogP contribution in [0.5, 0.6) is 0 Å². The van der Waals surface area contributed by atoms with E-state index in [2.05, 4.69) is 6.92 Å². The van der Waals surface area contributed by atoms with Crippen molar-refractivity contribution in [1.82, 2.24) is 0 Å². The molecule has 2 unspecified atom stereocenters. The average molecular weight is 401 g/mol. The molecule has 152 valence electrons. The normalized spacial score (nSPS) is 14.0. The van der Waals surface area contributed by atoms with Gasteiger partial charge in [-0.1, -0.05) is 90.9 Å². The maximum absolute atomic E-state index is 11.1. The van der Waals surface area contributed by atoms with Gasteiger partial charge in [0.05, 0.1) is 16.2 Å². The van der Waals surface area contributed by atoms with E-state index in [9.17, 15) is 18.1 Å². The second-order valence-electron chi connectivity index (χ2n) is 7.46. The quantitative estimate of drug-likeness (QED) is 0.218. The van der Waals surface area contributed by atoms with E-state index >= 15 is 0 Å². The van der Waals surface area contributed by atoms with Gasteiger partial charge in [0.2, 0.25) is 0 Å². The van der Waals surface area contributed by atoms with Crippen LogP contribution in [-0.4, -0.2) is 29.4 Å². The molecule has 0 aliphatic carbocycles. The minimum Gasteiger partial charge on any atom is -0.748 e. The Balaban J connectivity index is 0. The Hall–Kier alpha value is 0.870. The van der Waals surface area contributed by atoms with Crippen molar-refractivity contribution in [2.24, 2.45) is 0 Å². The third-order valence-corrected chi connectivity index (χ3v) is 6.26. The Labute approximate surface area is 185 Å². The minimum atomic E-state index is -4.14. The van der Waals surface area contributed by atoms with E-state index in [1.165, 1.54) is 38.5 Å². The largest absolute Gasteiger partial charge is 1.00 e. The van der Waals surface area contributed by atoms with Gasteiger partial charge in [0.15, 0.2) is 0 Å². The van der Waals surface area contributed by atoms with Crippen molar-refractivity contribution < 1.29 is 47.6 Å². The Kier molecular flexibility index (Phi) is 21.5. The van der Waals surface area contributed by atoms with Crippen LogP contribution in [0.25, 0.3) is 0 Å². The third-order valence-electron chi connectivity index (χ3n) is 4.97. The average Bonchev–Trinajstić information content (AvgIpc) is 2.55. The van der Waals surface area contributed by atoms with E-state index in [1.54, 1.807) is 0 Å². The number of unbranched alkanes of at least 4 members (excludes halogenated alkanes) is 9. The molecule has 0 radical (unpaired) electrons. The molecule has 0 amide bonds. The fraction of sp³-hybridized carbons (Fsp3) is 1.00. The van der Waals surface area contributed by atoms with Crippen LogP contribution < -0.4 is 29.6 Å². The van der Waals surface area contributed by atoms with Crippen molar-refractivity contribution in [3.63, 3.8) is 0 Å². The van der Waals surface area contributed by atoms with E-state index in [4.69, 9.17) is 0 Å². The molecule has 1 N–H and O–H groups in total. The molecule has 0 aliphatic heterocycles. The molecule has 0 heterocycles. The molecule has 0 bridgehead atoms. The van der Waals surface area contributed by atoms with Crippen molar-refractivity contribution in [1.29, 1.82) is 0 Å². The molecule has 0 aromatic carbocycles. The SMILES string of the molecule is CCCCCCCCCC(O)CCCCCCC(CCC)S(=O)(=O)[O-].[Na+]. The summed E-state index contributed by atoms with van der Waals surface area (Å²) in [7, 11) is -4.14. The molecule has 0 fully saturated rings.